The van der Waals surface area contributed by atoms with Crippen LogP contribution in [0.2, 0.25) is 0 Å². The topological polar surface area (TPSA) is 190 Å². The quantitative estimate of drug-likeness (QED) is 0.194. The lowest BCUT2D eigenvalue weighted by Gasteiger charge is -2.36. The Balaban J connectivity index is 0.000000860. The zero-order chi connectivity index (χ0) is 36.6. The molecule has 0 unspecified atom stereocenters. The first-order valence-electron chi connectivity index (χ1n) is 15.5. The van der Waals surface area contributed by atoms with Gasteiger partial charge in [0, 0.05) is 74.3 Å². The number of aliphatic hydroxyl groups is 1. The van der Waals surface area contributed by atoms with Crippen molar-refractivity contribution < 1.29 is 43.9 Å². The van der Waals surface area contributed by atoms with Crippen molar-refractivity contribution in [1.29, 1.82) is 0 Å². The molecule has 2 aromatic heterocycles. The Bertz CT molecular complexity index is 1880. The zero-order valence-corrected chi connectivity index (χ0v) is 28.7. The second kappa shape index (κ2) is 15.6. The third-order valence-corrected chi connectivity index (χ3v) is 7.47. The van der Waals surface area contributed by atoms with Crippen molar-refractivity contribution >= 4 is 40.4 Å². The minimum absolute atomic E-state index is 0.260. The van der Waals surface area contributed by atoms with Gasteiger partial charge in [-0.1, -0.05) is 11.8 Å². The first-order valence-corrected chi connectivity index (χ1v) is 15.5. The number of nitrogens with zero attached hydrogens (tertiary/aromatic N) is 6. The van der Waals surface area contributed by atoms with E-state index in [0.29, 0.717) is 42.9 Å². The molecule has 1 aliphatic heterocycles. The highest BCUT2D eigenvalue weighted by atomic mass is 16.6. The van der Waals surface area contributed by atoms with Crippen molar-refractivity contribution in [3.8, 4) is 34.6 Å². The van der Waals surface area contributed by atoms with E-state index in [1.807, 2.05) is 69.2 Å². The van der Waals surface area contributed by atoms with Crippen molar-refractivity contribution in [3.63, 3.8) is 0 Å². The van der Waals surface area contributed by atoms with Crippen LogP contribution in [0.15, 0.2) is 55.0 Å². The molecular formula is C35H40N6O9. The second-order valence-corrected chi connectivity index (χ2v) is 12.4. The molecule has 0 spiro atoms. The van der Waals surface area contributed by atoms with Crippen LogP contribution in [0.25, 0.3) is 22.3 Å². The lowest BCUT2D eigenvalue weighted by atomic mass is 9.92. The van der Waals surface area contributed by atoms with Gasteiger partial charge >= 0.3 is 18.0 Å². The van der Waals surface area contributed by atoms with Crippen molar-refractivity contribution in [2.45, 2.75) is 44.8 Å². The second-order valence-electron chi connectivity index (χ2n) is 12.4. The normalized spacial score (nSPS) is 13.6. The molecule has 1 saturated heterocycles. The number of benzene rings is 2. The van der Waals surface area contributed by atoms with Crippen molar-refractivity contribution in [1.82, 2.24) is 24.6 Å². The number of carbonyl (C=O) groups excluding carboxylic acids is 1. The van der Waals surface area contributed by atoms with Gasteiger partial charge in [-0.05, 0) is 39.0 Å². The monoisotopic (exact) mass is 688 g/mol. The van der Waals surface area contributed by atoms with E-state index in [1.165, 1.54) is 0 Å². The number of aromatic nitrogens is 4. The molecular weight excluding hydrogens is 648 g/mol. The van der Waals surface area contributed by atoms with Crippen LogP contribution in [-0.2, 0) is 21.4 Å². The number of hydrogen-bond acceptors (Lipinski definition) is 11. The third kappa shape index (κ3) is 9.83. The molecule has 4 aromatic rings. The minimum atomic E-state index is -1.82. The third-order valence-electron chi connectivity index (χ3n) is 7.47. The summed E-state index contributed by atoms with van der Waals surface area (Å²) >= 11 is 0. The van der Waals surface area contributed by atoms with Crippen molar-refractivity contribution in [2.75, 3.05) is 38.8 Å². The van der Waals surface area contributed by atoms with E-state index in [9.17, 15) is 9.90 Å². The molecule has 2 aromatic carbocycles. The highest BCUT2D eigenvalue weighted by molar-refractivity contribution is 6.27. The summed E-state index contributed by atoms with van der Waals surface area (Å²) in [5, 5.41) is 30.3. The summed E-state index contributed by atoms with van der Waals surface area (Å²) in [4.78, 5) is 43.8. The Morgan fingerprint density at radius 3 is 2.12 bits per heavy atom. The SMILES string of the molecule is COc1cc(OC)cc(N(CC#CC2(O)CCN(C(=O)OC(C)(C)C)CC2)c2ccc3ncc(-c4cnn(C)c4)nc3c2)c1.O=C(O)C(=O)O. The molecule has 0 atom stereocenters. The first-order chi connectivity index (χ1) is 23.6. The fourth-order valence-corrected chi connectivity index (χ4v) is 4.93. The number of carbonyl (C=O) groups is 3. The first kappa shape index (κ1) is 36.9. The number of likely N-dealkylation sites (tertiary alicyclic amines) is 1. The molecule has 0 bridgehead atoms. The summed E-state index contributed by atoms with van der Waals surface area (Å²) < 4.78 is 18.3. The van der Waals surface area contributed by atoms with Crippen LogP contribution in [0.3, 0.4) is 0 Å². The Hall–Kier alpha value is -5.88. The maximum Gasteiger partial charge on any atom is 0.414 e. The average molecular weight is 689 g/mol. The van der Waals surface area contributed by atoms with Gasteiger partial charge in [-0.25, -0.2) is 19.4 Å². The lowest BCUT2D eigenvalue weighted by Crippen LogP contribution is -2.47. The molecule has 0 aliphatic carbocycles. The highest BCUT2D eigenvalue weighted by Crippen LogP contribution is 2.34. The zero-order valence-electron chi connectivity index (χ0n) is 28.7. The summed E-state index contributed by atoms with van der Waals surface area (Å²) in [7, 11) is 5.07. The molecule has 5 rings (SSSR count). The summed E-state index contributed by atoms with van der Waals surface area (Å²) in [5.41, 5.74) is 2.88. The number of piperidine rings is 1. The summed E-state index contributed by atoms with van der Waals surface area (Å²) in [6.07, 6.45) is 5.67. The molecule has 0 radical (unpaired) electrons. The van der Waals surface area contributed by atoms with Gasteiger partial charge in [-0.3, -0.25) is 9.67 Å². The number of anilines is 2. The molecule has 15 heteroatoms. The summed E-state index contributed by atoms with van der Waals surface area (Å²) in [5.74, 6) is 3.90. The van der Waals surface area contributed by atoms with E-state index in [1.54, 1.807) is 42.3 Å². The number of rotatable bonds is 6. The van der Waals surface area contributed by atoms with Crippen molar-refractivity contribution in [2.24, 2.45) is 7.05 Å². The van der Waals surface area contributed by atoms with Crippen LogP contribution in [-0.4, -0.2) is 103 Å². The number of carboxylic acid groups (broad SMARTS) is 2. The van der Waals surface area contributed by atoms with Gasteiger partial charge in [-0.15, -0.1) is 0 Å². The number of carboxylic acids is 2. The number of aryl methyl sites for hydroxylation is 1. The number of hydrogen-bond donors (Lipinski definition) is 3. The minimum Gasteiger partial charge on any atom is -0.497 e. The molecule has 3 N–H and O–H groups in total. The van der Waals surface area contributed by atoms with Crippen LogP contribution in [0.4, 0.5) is 16.2 Å². The van der Waals surface area contributed by atoms with Gasteiger partial charge in [0.15, 0.2) is 0 Å². The Labute approximate surface area is 289 Å². The van der Waals surface area contributed by atoms with E-state index < -0.39 is 23.1 Å². The number of methoxy groups -OCH3 is 2. The standard InChI is InChI=1S/C33H38N6O5.C2H2O4/c1-32(2,3)44-31(40)38-14-11-33(41,12-15-38)10-7-13-39(25-16-26(42-5)19-27(17-25)43-6)24-8-9-28-29(18-24)36-30(21-34-28)23-20-35-37(4)22-23;3-1(4)2(5)6/h8-9,16-22,41H,11-15H2,1-6H3;(H,3,4)(H,5,6). The maximum absolute atomic E-state index is 12.5. The molecule has 1 fully saturated rings. The van der Waals surface area contributed by atoms with E-state index in [0.717, 1.165) is 28.1 Å². The predicted octanol–water partition coefficient (Wildman–Crippen LogP) is 4.11. The van der Waals surface area contributed by atoms with Gasteiger partial charge in [0.2, 0.25) is 0 Å². The molecule has 50 heavy (non-hydrogen) atoms. The molecule has 1 aliphatic rings. The largest absolute Gasteiger partial charge is 0.497 e. The molecule has 264 valence electrons. The summed E-state index contributed by atoms with van der Waals surface area (Å²) in [6.45, 7) is 6.49. The van der Waals surface area contributed by atoms with Gasteiger partial charge < -0.3 is 39.3 Å². The number of amides is 1. The summed E-state index contributed by atoms with van der Waals surface area (Å²) in [6, 6.07) is 11.5. The van der Waals surface area contributed by atoms with Crippen LogP contribution >= 0.6 is 0 Å². The lowest BCUT2D eigenvalue weighted by molar-refractivity contribution is -0.159. The van der Waals surface area contributed by atoms with Crippen molar-refractivity contribution in [3.05, 3.63) is 55.0 Å². The fraction of sp³-hybridized carbons (Fsp3) is 0.371. The van der Waals surface area contributed by atoms with Gasteiger partial charge in [0.05, 0.1) is 49.9 Å². The number of ether oxygens (including phenoxy) is 3. The van der Waals surface area contributed by atoms with E-state index in [4.69, 9.17) is 39.0 Å². The van der Waals surface area contributed by atoms with E-state index in [-0.39, 0.29) is 12.6 Å². The maximum atomic E-state index is 12.5. The predicted molar refractivity (Wildman–Crippen MR) is 183 cm³/mol. The number of aliphatic carboxylic acids is 2. The Morgan fingerprint density at radius 2 is 1.58 bits per heavy atom. The van der Waals surface area contributed by atoms with Gasteiger partial charge in [0.25, 0.3) is 0 Å². The molecule has 1 amide bonds. The average Bonchev–Trinajstić information content (AvgIpc) is 3.51. The van der Waals surface area contributed by atoms with Crippen LogP contribution in [0, 0.1) is 11.8 Å². The highest BCUT2D eigenvalue weighted by Gasteiger charge is 2.34. The number of fused-ring (bicyclic) bond motifs is 1. The van der Waals surface area contributed by atoms with Gasteiger partial charge in [0.1, 0.15) is 22.7 Å². The molecule has 3 heterocycles. The fourth-order valence-electron chi connectivity index (χ4n) is 4.93. The smallest absolute Gasteiger partial charge is 0.414 e. The van der Waals surface area contributed by atoms with Gasteiger partial charge in [-0.2, -0.15) is 5.10 Å². The molecule has 15 nitrogen and oxygen atoms in total. The molecule has 0 saturated carbocycles. The van der Waals surface area contributed by atoms with Crippen LogP contribution in [0.1, 0.15) is 33.6 Å². The van der Waals surface area contributed by atoms with E-state index in [2.05, 4.69) is 21.9 Å². The Kier molecular flexibility index (Phi) is 11.5. The van der Waals surface area contributed by atoms with Crippen LogP contribution in [0.5, 0.6) is 11.5 Å². The van der Waals surface area contributed by atoms with E-state index >= 15 is 0 Å². The Morgan fingerprint density at radius 1 is 0.940 bits per heavy atom. The van der Waals surface area contributed by atoms with Crippen LogP contribution < -0.4 is 14.4 Å².